The molecule has 6 aliphatic rings. The number of likely N-dealkylation sites (tertiary alicyclic amines) is 1. The summed E-state index contributed by atoms with van der Waals surface area (Å²) in [5, 5.41) is 29.1. The third-order valence-corrected chi connectivity index (χ3v) is 23.9. The Morgan fingerprint density at radius 3 is 1.07 bits per heavy atom. The van der Waals surface area contributed by atoms with Crippen molar-refractivity contribution in [1.29, 1.82) is 0 Å². The Kier molecular flexibility index (Phi) is 19.7. The number of fused-ring (bicyclic) bond motifs is 8. The summed E-state index contributed by atoms with van der Waals surface area (Å²) in [6, 6.07) is 32.3. The van der Waals surface area contributed by atoms with E-state index in [-0.39, 0.29) is 38.9 Å². The molecule has 16 aromatic rings. The lowest BCUT2D eigenvalue weighted by molar-refractivity contribution is 0.260. The fraction of sp³-hybridized carbons (Fsp3) is 0.371. The number of piperazine rings is 3. The number of nitrogens with zero attached hydrogens (tertiary/aromatic N) is 25. The molecular formula is C89H98N28O4. The summed E-state index contributed by atoms with van der Waals surface area (Å²) in [5.41, 5.74) is 21.3. The average Bonchev–Trinajstić information content (AvgIpc) is 1.55. The van der Waals surface area contributed by atoms with Gasteiger partial charge in [-0.05, 0) is 217 Å². The lowest BCUT2D eigenvalue weighted by Gasteiger charge is -2.40. The number of hydrogen-bond acceptors (Lipinski definition) is 24. The number of nitrogens with one attached hydrogen (secondary N) is 3. The third kappa shape index (κ3) is 15.8. The molecule has 5 aliphatic heterocycles. The summed E-state index contributed by atoms with van der Waals surface area (Å²) in [6.45, 7) is 35.3. The van der Waals surface area contributed by atoms with Gasteiger partial charge in [-0.15, -0.1) is 0 Å². The van der Waals surface area contributed by atoms with Crippen molar-refractivity contribution in [3.63, 3.8) is 0 Å². The molecule has 121 heavy (non-hydrogen) atoms. The van der Waals surface area contributed by atoms with Crippen LogP contribution in [0.5, 0.6) is 0 Å². The van der Waals surface area contributed by atoms with Gasteiger partial charge in [0.15, 0.2) is 22.6 Å². The second kappa shape index (κ2) is 30.6. The quantitative estimate of drug-likeness (QED) is 0.122. The molecule has 1 spiro atoms. The van der Waals surface area contributed by atoms with Crippen LogP contribution >= 0.6 is 0 Å². The SMILES string of the molecule is Cc1cn2nc(-c3cc(=O)n4cc(N5CCNC(C)(C)C5)ccc4n3)cc(C)c2n1.Cc1cn2nc(-c3cc(=O)n4cc(N5CCNC(C)(C)C5)ccc4n3)ccc2n1.Cc1cn2nc(-c3cc(=O)n4cc(N5CCNC6(CC6)C5)ccc4n3)cc(C)c2n1.Cc1cn2nc(-c3cc(=O)n4cc(N5CC[C@@H](N6CCCC6)C5)ccc4n3)cc(C)c2n1. The van der Waals surface area contributed by atoms with Gasteiger partial charge in [0.25, 0.3) is 22.2 Å². The normalized spacial score (nSPS) is 17.7. The molecular weight excluding hydrogens is 1530 g/mol. The molecule has 3 N–H and O–H groups in total. The monoisotopic (exact) mass is 1620 g/mol. The van der Waals surface area contributed by atoms with Crippen LogP contribution in [0.2, 0.25) is 0 Å². The minimum Gasteiger partial charge on any atom is -0.369 e. The number of rotatable bonds is 9. The Morgan fingerprint density at radius 1 is 0.331 bits per heavy atom. The molecule has 21 heterocycles. The van der Waals surface area contributed by atoms with Crippen molar-refractivity contribution in [2.24, 2.45) is 0 Å². The van der Waals surface area contributed by atoms with Crippen molar-refractivity contribution in [1.82, 2.24) is 117 Å². The van der Waals surface area contributed by atoms with Crippen molar-refractivity contribution in [3.05, 3.63) is 234 Å². The minimum atomic E-state index is -0.120. The number of hydrogen-bond donors (Lipinski definition) is 3. The van der Waals surface area contributed by atoms with Crippen LogP contribution in [0.15, 0.2) is 172 Å². The van der Waals surface area contributed by atoms with Crippen LogP contribution in [0.4, 0.5) is 22.7 Å². The molecule has 0 aromatic carbocycles. The zero-order chi connectivity index (χ0) is 83.5. The minimum absolute atomic E-state index is 0.0358. The van der Waals surface area contributed by atoms with E-state index in [9.17, 15) is 19.2 Å². The summed E-state index contributed by atoms with van der Waals surface area (Å²) in [4.78, 5) is 100. The summed E-state index contributed by atoms with van der Waals surface area (Å²) >= 11 is 0. The van der Waals surface area contributed by atoms with Gasteiger partial charge in [0.2, 0.25) is 0 Å². The molecule has 1 aliphatic carbocycles. The molecule has 618 valence electrons. The van der Waals surface area contributed by atoms with E-state index in [2.05, 4.69) is 126 Å². The molecule has 0 radical (unpaired) electrons. The summed E-state index contributed by atoms with van der Waals surface area (Å²) in [6.07, 6.45) is 21.4. The van der Waals surface area contributed by atoms with Crippen LogP contribution in [0.3, 0.4) is 0 Å². The first-order valence-corrected chi connectivity index (χ1v) is 41.7. The van der Waals surface area contributed by atoms with E-state index in [0.717, 1.165) is 157 Å². The van der Waals surface area contributed by atoms with Crippen molar-refractivity contribution in [2.45, 2.75) is 131 Å². The first kappa shape index (κ1) is 77.8. The molecule has 32 heteroatoms. The molecule has 32 nitrogen and oxygen atoms in total. The fourth-order valence-electron chi connectivity index (χ4n) is 17.7. The van der Waals surface area contributed by atoms with Gasteiger partial charge < -0.3 is 35.6 Å². The van der Waals surface area contributed by atoms with Crippen LogP contribution in [0, 0.1) is 48.5 Å². The second-order valence-electron chi connectivity index (χ2n) is 34.6. The predicted molar refractivity (Wildman–Crippen MR) is 469 cm³/mol. The third-order valence-electron chi connectivity index (χ3n) is 23.9. The molecule has 1 atom stereocenters. The molecule has 6 fully saturated rings. The van der Waals surface area contributed by atoms with Crippen LogP contribution in [0.1, 0.15) is 99.3 Å². The van der Waals surface area contributed by atoms with Gasteiger partial charge in [-0.1, -0.05) is 0 Å². The van der Waals surface area contributed by atoms with E-state index in [1.54, 1.807) is 53.9 Å². The highest BCUT2D eigenvalue weighted by atomic mass is 16.1. The van der Waals surface area contributed by atoms with E-state index < -0.39 is 0 Å². The number of anilines is 4. The van der Waals surface area contributed by atoms with Crippen molar-refractivity contribution in [2.75, 3.05) is 105 Å². The highest BCUT2D eigenvalue weighted by molar-refractivity contribution is 5.68. The maximum Gasteiger partial charge on any atom is 0.258 e. The topological polar surface area (TPSA) is 311 Å². The Morgan fingerprint density at radius 2 is 0.678 bits per heavy atom. The molecule has 22 rings (SSSR count). The van der Waals surface area contributed by atoms with Crippen LogP contribution in [-0.2, 0) is 0 Å². The Hall–Kier alpha value is -13.0. The van der Waals surface area contributed by atoms with Gasteiger partial charge in [0.05, 0.1) is 93.1 Å². The summed E-state index contributed by atoms with van der Waals surface area (Å²) in [7, 11) is 0. The highest BCUT2D eigenvalue weighted by Crippen LogP contribution is 2.39. The summed E-state index contributed by atoms with van der Waals surface area (Å²) < 4.78 is 13.5. The second-order valence-corrected chi connectivity index (χ2v) is 34.6. The maximum atomic E-state index is 13.0. The number of pyridine rings is 4. The first-order valence-electron chi connectivity index (χ1n) is 41.7. The van der Waals surface area contributed by atoms with Crippen LogP contribution < -0.4 is 57.8 Å². The number of imidazole rings is 4. The van der Waals surface area contributed by atoms with Gasteiger partial charge in [-0.3, -0.25) is 41.7 Å². The molecule has 5 saturated heterocycles. The van der Waals surface area contributed by atoms with Gasteiger partial charge in [0.1, 0.15) is 45.4 Å². The van der Waals surface area contributed by atoms with E-state index >= 15 is 0 Å². The average molecular weight is 1620 g/mol. The van der Waals surface area contributed by atoms with Gasteiger partial charge in [0, 0.05) is 144 Å². The lowest BCUT2D eigenvalue weighted by Crippen LogP contribution is -2.57. The lowest BCUT2D eigenvalue weighted by atomic mass is 10.0. The van der Waals surface area contributed by atoms with E-state index in [1.807, 2.05) is 165 Å². The first-order chi connectivity index (χ1) is 58.2. The van der Waals surface area contributed by atoms with E-state index in [0.29, 0.717) is 74.2 Å². The van der Waals surface area contributed by atoms with Gasteiger partial charge in [-0.2, -0.15) is 20.4 Å². The largest absolute Gasteiger partial charge is 0.369 e. The van der Waals surface area contributed by atoms with Crippen molar-refractivity contribution >= 4 is 67.9 Å². The Bertz CT molecular complexity index is 6840. The Labute approximate surface area is 695 Å². The molecule has 16 aromatic heterocycles. The standard InChI is InChI=1S/C24H27N7O.C22H23N7O.C22H25N7O.C21H23N7O/c1-16-11-21(27-31-13-17(2)25-24(16)31)20-12-23(32)30-15-18(5-6-22(30)26-20)29-10-7-19(14-29)28-8-3-4-9-28;1-14-9-18(26-29-11-15(2)24-21(14)29)17-10-20(30)28-12-16(3-4-19(28)25-17)27-8-7-23-22(13-27)5-6-22;1-14-9-18(26-29-11-15(2)24-21(14)29)17-10-20(30)28-12-16(5-6-19(28)25-17)27-8-7-23-22(3,4)13-27;1-14-11-28-19(23-14)7-5-16(25-28)17-10-20(29)27-12-15(4-6-18(27)24-17)26-9-8-22-21(2,3)13-26/h5-6,11-13,15,19H,3-4,7-10,14H2,1-2H3;3-4,9-12,23H,5-8,13H2,1-2H3;5-6,9-12,23H,7-8,13H2,1-4H3;4-7,10-12,22H,8-9,13H2,1-3H3/t19-;;;/m1.../s1. The Balaban J connectivity index is 0.000000107. The highest BCUT2D eigenvalue weighted by Gasteiger charge is 2.46. The fourth-order valence-corrected chi connectivity index (χ4v) is 17.7. The number of aromatic nitrogens is 20. The zero-order valence-electron chi connectivity index (χ0n) is 70.1. The van der Waals surface area contributed by atoms with Gasteiger partial charge in [-0.25, -0.2) is 57.9 Å². The van der Waals surface area contributed by atoms with E-state index in [1.165, 1.54) is 51.3 Å². The molecule has 1 saturated carbocycles. The van der Waals surface area contributed by atoms with Crippen LogP contribution in [0.25, 0.3) is 90.7 Å². The maximum absolute atomic E-state index is 13.0. The zero-order valence-corrected chi connectivity index (χ0v) is 70.1. The number of aryl methyl sites for hydroxylation is 7. The van der Waals surface area contributed by atoms with Crippen molar-refractivity contribution < 1.29 is 0 Å². The molecule has 0 unspecified atom stereocenters. The molecule has 0 amide bonds. The van der Waals surface area contributed by atoms with Crippen molar-refractivity contribution in [3.8, 4) is 45.6 Å². The van der Waals surface area contributed by atoms with Gasteiger partial charge >= 0.3 is 0 Å². The van der Waals surface area contributed by atoms with Crippen LogP contribution in [-0.4, -0.2) is 209 Å². The smallest absolute Gasteiger partial charge is 0.258 e. The summed E-state index contributed by atoms with van der Waals surface area (Å²) in [5.74, 6) is 0. The predicted octanol–water partition coefficient (Wildman–Crippen LogP) is 8.77. The molecule has 0 bridgehead atoms. The van der Waals surface area contributed by atoms with E-state index in [4.69, 9.17) is 15.0 Å².